The molecule has 18 heavy (non-hydrogen) atoms. The molecule has 0 bridgehead atoms. The van der Waals surface area contributed by atoms with Crippen LogP contribution in [0.25, 0.3) is 0 Å². The topological polar surface area (TPSA) is 71.4 Å². The van der Waals surface area contributed by atoms with Gasteiger partial charge in [-0.1, -0.05) is 37.6 Å². The molecule has 0 aliphatic carbocycles. The highest BCUT2D eigenvalue weighted by molar-refractivity contribution is 6.37. The third-order valence-electron chi connectivity index (χ3n) is 2.65. The maximum absolute atomic E-state index is 11.6. The van der Waals surface area contributed by atoms with Crippen LogP contribution in [0.5, 0.6) is 0 Å². The summed E-state index contributed by atoms with van der Waals surface area (Å²) in [5, 5.41) is 8.42. The molecule has 0 amide bonds. The smallest absolute Gasteiger partial charge is 0.372 e. The highest BCUT2D eigenvalue weighted by Gasteiger charge is 2.17. The van der Waals surface area contributed by atoms with Gasteiger partial charge in [0.05, 0.1) is 6.42 Å². The minimum absolute atomic E-state index is 0.379. The second kappa shape index (κ2) is 6.69. The van der Waals surface area contributed by atoms with Crippen LogP contribution in [0.4, 0.5) is 0 Å². The van der Waals surface area contributed by atoms with Gasteiger partial charge < -0.3 is 5.11 Å². The molecule has 4 nitrogen and oxygen atoms in total. The number of hydrogen-bond donors (Lipinski definition) is 1. The first-order valence-corrected chi connectivity index (χ1v) is 5.93. The average Bonchev–Trinajstić information content (AvgIpc) is 2.36. The maximum Gasteiger partial charge on any atom is 0.372 e. The lowest BCUT2D eigenvalue weighted by Gasteiger charge is -2.02. The molecule has 0 aliphatic rings. The predicted octanol–water partition coefficient (Wildman–Crippen LogP) is 2.26. The van der Waals surface area contributed by atoms with Gasteiger partial charge in [0.1, 0.15) is 0 Å². The summed E-state index contributed by atoms with van der Waals surface area (Å²) in [5.74, 6) is -3.09. The van der Waals surface area contributed by atoms with Crippen molar-refractivity contribution < 1.29 is 19.5 Å². The molecular weight excluding hydrogens is 232 g/mol. The van der Waals surface area contributed by atoms with E-state index in [1.54, 1.807) is 12.1 Å². The van der Waals surface area contributed by atoms with Gasteiger partial charge in [-0.25, -0.2) is 4.79 Å². The van der Waals surface area contributed by atoms with Crippen LogP contribution in [0.15, 0.2) is 24.3 Å². The van der Waals surface area contributed by atoms with E-state index in [0.29, 0.717) is 5.56 Å². The fourth-order valence-electron chi connectivity index (χ4n) is 1.56. The maximum atomic E-state index is 11.6. The van der Waals surface area contributed by atoms with E-state index >= 15 is 0 Å². The Morgan fingerprint density at radius 1 is 1.11 bits per heavy atom. The third kappa shape index (κ3) is 4.13. The summed E-state index contributed by atoms with van der Waals surface area (Å²) < 4.78 is 0. The Morgan fingerprint density at radius 3 is 2.22 bits per heavy atom. The van der Waals surface area contributed by atoms with Crippen LogP contribution in [-0.2, 0) is 16.0 Å². The molecule has 0 heterocycles. The standard InChI is InChI=1S/C14H16O4/c1-2-3-4-10-5-7-11(8-6-10)12(15)9-13(16)14(17)18/h5-8H,2-4,9H2,1H3,(H,17,18). The minimum Gasteiger partial charge on any atom is -0.475 e. The number of carboxylic acids is 1. The van der Waals surface area contributed by atoms with Crippen LogP contribution in [0.3, 0.4) is 0 Å². The Balaban J connectivity index is 2.64. The highest BCUT2D eigenvalue weighted by atomic mass is 16.4. The average molecular weight is 248 g/mol. The SMILES string of the molecule is CCCCc1ccc(C(=O)CC(=O)C(=O)O)cc1. The summed E-state index contributed by atoms with van der Waals surface area (Å²) in [6.07, 6.45) is 2.57. The molecule has 4 heteroatoms. The zero-order chi connectivity index (χ0) is 13.5. The second-order valence-electron chi connectivity index (χ2n) is 4.13. The van der Waals surface area contributed by atoms with Crippen LogP contribution in [0.2, 0.25) is 0 Å². The van der Waals surface area contributed by atoms with E-state index < -0.39 is 24.0 Å². The first-order valence-electron chi connectivity index (χ1n) is 5.93. The number of unbranched alkanes of at least 4 members (excludes halogenated alkanes) is 1. The fourth-order valence-corrected chi connectivity index (χ4v) is 1.56. The number of benzene rings is 1. The van der Waals surface area contributed by atoms with Crippen molar-refractivity contribution in [2.24, 2.45) is 0 Å². The van der Waals surface area contributed by atoms with E-state index in [9.17, 15) is 14.4 Å². The number of carboxylic acid groups (broad SMARTS) is 1. The summed E-state index contributed by atoms with van der Waals surface area (Å²) in [4.78, 5) is 32.9. The monoisotopic (exact) mass is 248 g/mol. The van der Waals surface area contributed by atoms with Crippen LogP contribution in [0.1, 0.15) is 42.1 Å². The lowest BCUT2D eigenvalue weighted by atomic mass is 10.0. The quantitative estimate of drug-likeness (QED) is 0.456. The molecule has 0 aliphatic heterocycles. The van der Waals surface area contributed by atoms with Crippen molar-refractivity contribution in [1.29, 1.82) is 0 Å². The second-order valence-corrected chi connectivity index (χ2v) is 4.13. The Hall–Kier alpha value is -1.97. The first kappa shape index (κ1) is 14.1. The molecule has 0 radical (unpaired) electrons. The molecule has 0 saturated heterocycles. The normalized spacial score (nSPS) is 10.1. The van der Waals surface area contributed by atoms with E-state index in [0.717, 1.165) is 24.8 Å². The number of hydrogen-bond acceptors (Lipinski definition) is 3. The van der Waals surface area contributed by atoms with E-state index in [1.807, 2.05) is 12.1 Å². The highest BCUT2D eigenvalue weighted by Crippen LogP contribution is 2.10. The summed E-state index contributed by atoms with van der Waals surface area (Å²) in [5.41, 5.74) is 1.52. The molecule has 1 N–H and O–H groups in total. The van der Waals surface area contributed by atoms with Gasteiger partial charge in [0.2, 0.25) is 5.78 Å². The Kier molecular flexibility index (Phi) is 5.24. The molecular formula is C14H16O4. The third-order valence-corrected chi connectivity index (χ3v) is 2.65. The Morgan fingerprint density at radius 2 is 1.72 bits per heavy atom. The molecule has 0 spiro atoms. The van der Waals surface area contributed by atoms with Crippen LogP contribution >= 0.6 is 0 Å². The van der Waals surface area contributed by atoms with Crippen molar-refractivity contribution >= 4 is 17.5 Å². The number of Topliss-reactive ketones (excluding diaryl/α,β-unsaturated/α-hetero) is 2. The van der Waals surface area contributed by atoms with E-state index in [2.05, 4.69) is 6.92 Å². The first-order chi connectivity index (χ1) is 8.54. The molecule has 0 fully saturated rings. The fraction of sp³-hybridized carbons (Fsp3) is 0.357. The number of rotatable bonds is 7. The number of carbonyl (C=O) groups is 3. The lowest BCUT2D eigenvalue weighted by Crippen LogP contribution is -2.17. The van der Waals surface area contributed by atoms with Crippen LogP contribution in [0, 0.1) is 0 Å². The van der Waals surface area contributed by atoms with Crippen molar-refractivity contribution in [1.82, 2.24) is 0 Å². The zero-order valence-corrected chi connectivity index (χ0v) is 10.3. The Labute approximate surface area is 106 Å². The van der Waals surface area contributed by atoms with Gasteiger partial charge >= 0.3 is 5.97 Å². The van der Waals surface area contributed by atoms with Gasteiger partial charge in [0.25, 0.3) is 0 Å². The summed E-state index contributed by atoms with van der Waals surface area (Å²) >= 11 is 0. The van der Waals surface area contributed by atoms with E-state index in [1.165, 1.54) is 0 Å². The lowest BCUT2D eigenvalue weighted by molar-refractivity contribution is -0.148. The van der Waals surface area contributed by atoms with Crippen LogP contribution in [-0.4, -0.2) is 22.6 Å². The molecule has 1 aromatic carbocycles. The predicted molar refractivity (Wildman–Crippen MR) is 66.6 cm³/mol. The number of carbonyl (C=O) groups excluding carboxylic acids is 2. The van der Waals surface area contributed by atoms with Gasteiger partial charge in [-0.05, 0) is 18.4 Å². The van der Waals surface area contributed by atoms with E-state index in [-0.39, 0.29) is 0 Å². The Bertz CT molecular complexity index is 445. The molecule has 1 aromatic rings. The molecule has 0 atom stereocenters. The van der Waals surface area contributed by atoms with Gasteiger partial charge in [-0.2, -0.15) is 0 Å². The molecule has 0 unspecified atom stereocenters. The van der Waals surface area contributed by atoms with Crippen molar-refractivity contribution in [3.63, 3.8) is 0 Å². The van der Waals surface area contributed by atoms with Crippen LogP contribution < -0.4 is 0 Å². The van der Waals surface area contributed by atoms with Crippen molar-refractivity contribution in [2.45, 2.75) is 32.6 Å². The molecule has 96 valence electrons. The summed E-state index contributed by atoms with van der Waals surface area (Å²) in [7, 11) is 0. The van der Waals surface area contributed by atoms with Crippen molar-refractivity contribution in [3.8, 4) is 0 Å². The number of aryl methyl sites for hydroxylation is 1. The molecule has 1 rings (SSSR count). The van der Waals surface area contributed by atoms with Gasteiger partial charge in [0, 0.05) is 5.56 Å². The van der Waals surface area contributed by atoms with Gasteiger partial charge in [0.15, 0.2) is 5.78 Å². The molecule has 0 aromatic heterocycles. The zero-order valence-electron chi connectivity index (χ0n) is 10.3. The summed E-state index contributed by atoms with van der Waals surface area (Å²) in [6.45, 7) is 2.11. The number of aliphatic carboxylic acids is 1. The van der Waals surface area contributed by atoms with Gasteiger partial charge in [-0.15, -0.1) is 0 Å². The minimum atomic E-state index is -1.57. The molecule has 0 saturated carbocycles. The van der Waals surface area contributed by atoms with Crippen molar-refractivity contribution in [2.75, 3.05) is 0 Å². The van der Waals surface area contributed by atoms with Crippen molar-refractivity contribution in [3.05, 3.63) is 35.4 Å². The van der Waals surface area contributed by atoms with E-state index in [4.69, 9.17) is 5.11 Å². The number of ketones is 2. The summed E-state index contributed by atoms with van der Waals surface area (Å²) in [6, 6.07) is 6.97. The largest absolute Gasteiger partial charge is 0.475 e. The van der Waals surface area contributed by atoms with Gasteiger partial charge in [-0.3, -0.25) is 9.59 Å².